The predicted molar refractivity (Wildman–Crippen MR) is 74.3 cm³/mol. The molecule has 2 heterocycles. The molecule has 0 radical (unpaired) electrons. The minimum Gasteiger partial charge on any atom is -0.451 e. The summed E-state index contributed by atoms with van der Waals surface area (Å²) in [6.07, 6.45) is 2.20. The highest BCUT2D eigenvalue weighted by molar-refractivity contribution is 7.13. The molecule has 0 N–H and O–H groups in total. The Kier molecular flexibility index (Phi) is 4.58. The standard InChI is InChI=1S/C14H19NO3S/c1-10-4-3-7-15(8-10)13(16)9-18-14(17)12-6-5-11(2)19-12/h5-6,10H,3-4,7-9H2,1-2H3/t10-/m1/s1. The second-order valence-corrected chi connectivity index (χ2v) is 6.36. The predicted octanol–water partition coefficient (Wildman–Crippen LogP) is 2.47. The summed E-state index contributed by atoms with van der Waals surface area (Å²) in [6, 6.07) is 3.60. The lowest BCUT2D eigenvalue weighted by Gasteiger charge is -2.30. The maximum Gasteiger partial charge on any atom is 0.348 e. The lowest BCUT2D eigenvalue weighted by atomic mass is 10.0. The van der Waals surface area contributed by atoms with E-state index in [1.54, 1.807) is 11.0 Å². The van der Waals surface area contributed by atoms with Crippen LogP contribution in [0.25, 0.3) is 0 Å². The van der Waals surface area contributed by atoms with Crippen LogP contribution in [0, 0.1) is 12.8 Å². The van der Waals surface area contributed by atoms with Crippen molar-refractivity contribution in [2.45, 2.75) is 26.7 Å². The van der Waals surface area contributed by atoms with Crippen LogP contribution in [0.4, 0.5) is 0 Å². The summed E-state index contributed by atoms with van der Waals surface area (Å²) in [4.78, 5) is 27.1. The van der Waals surface area contributed by atoms with Crippen molar-refractivity contribution in [3.05, 3.63) is 21.9 Å². The van der Waals surface area contributed by atoms with Crippen molar-refractivity contribution in [2.24, 2.45) is 5.92 Å². The zero-order valence-electron chi connectivity index (χ0n) is 11.3. The molecular weight excluding hydrogens is 262 g/mol. The Balaban J connectivity index is 1.81. The Morgan fingerprint density at radius 3 is 2.89 bits per heavy atom. The van der Waals surface area contributed by atoms with E-state index in [9.17, 15) is 9.59 Å². The molecule has 1 saturated heterocycles. The quantitative estimate of drug-likeness (QED) is 0.800. The number of nitrogens with zero attached hydrogens (tertiary/aromatic N) is 1. The second kappa shape index (κ2) is 6.19. The fourth-order valence-corrected chi connectivity index (χ4v) is 3.01. The van der Waals surface area contributed by atoms with Crippen molar-refractivity contribution in [2.75, 3.05) is 19.7 Å². The molecule has 1 amide bonds. The SMILES string of the molecule is Cc1ccc(C(=O)OCC(=O)N2CCC[C@@H](C)C2)s1. The molecule has 0 aliphatic carbocycles. The van der Waals surface area contributed by atoms with Crippen LogP contribution in [0.1, 0.15) is 34.3 Å². The van der Waals surface area contributed by atoms with Crippen LogP contribution in [0.2, 0.25) is 0 Å². The summed E-state index contributed by atoms with van der Waals surface area (Å²) in [6.45, 7) is 5.47. The molecule has 1 aliphatic rings. The van der Waals surface area contributed by atoms with Gasteiger partial charge in [-0.25, -0.2) is 4.79 Å². The average Bonchev–Trinajstić information content (AvgIpc) is 2.82. The third-order valence-electron chi connectivity index (χ3n) is 3.28. The summed E-state index contributed by atoms with van der Waals surface area (Å²) in [7, 11) is 0. The summed E-state index contributed by atoms with van der Waals surface area (Å²) in [5.74, 6) is 0.0398. The largest absolute Gasteiger partial charge is 0.451 e. The van der Waals surface area contributed by atoms with Gasteiger partial charge in [0.15, 0.2) is 6.61 Å². The molecule has 1 fully saturated rings. The molecule has 5 heteroatoms. The van der Waals surface area contributed by atoms with Crippen LogP contribution in [0.15, 0.2) is 12.1 Å². The van der Waals surface area contributed by atoms with Crippen molar-refractivity contribution in [1.82, 2.24) is 4.90 Å². The van der Waals surface area contributed by atoms with E-state index >= 15 is 0 Å². The average molecular weight is 281 g/mol. The Morgan fingerprint density at radius 1 is 1.47 bits per heavy atom. The Hall–Kier alpha value is -1.36. The van der Waals surface area contributed by atoms with Gasteiger partial charge in [0.2, 0.25) is 0 Å². The molecule has 2 rings (SSSR count). The van der Waals surface area contributed by atoms with Gasteiger partial charge in [0.1, 0.15) is 4.88 Å². The minimum atomic E-state index is -0.406. The van der Waals surface area contributed by atoms with Gasteiger partial charge in [0.05, 0.1) is 0 Å². The molecule has 1 atom stereocenters. The number of esters is 1. The molecule has 0 spiro atoms. The van der Waals surface area contributed by atoms with Crippen molar-refractivity contribution < 1.29 is 14.3 Å². The highest BCUT2D eigenvalue weighted by atomic mass is 32.1. The number of carbonyl (C=O) groups is 2. The van der Waals surface area contributed by atoms with Crippen molar-refractivity contribution in [1.29, 1.82) is 0 Å². The number of ether oxygens (including phenoxy) is 1. The van der Waals surface area contributed by atoms with Gasteiger partial charge in [0.25, 0.3) is 5.91 Å². The van der Waals surface area contributed by atoms with Gasteiger partial charge in [-0.1, -0.05) is 6.92 Å². The third-order valence-corrected chi connectivity index (χ3v) is 4.26. The first kappa shape index (κ1) is 14.1. The van der Waals surface area contributed by atoms with E-state index in [-0.39, 0.29) is 12.5 Å². The highest BCUT2D eigenvalue weighted by Crippen LogP contribution is 2.17. The third kappa shape index (κ3) is 3.80. The summed E-state index contributed by atoms with van der Waals surface area (Å²) >= 11 is 1.38. The van der Waals surface area contributed by atoms with Gasteiger partial charge in [-0.3, -0.25) is 4.79 Å². The van der Waals surface area contributed by atoms with E-state index in [0.717, 1.165) is 30.8 Å². The molecule has 104 valence electrons. The van der Waals surface area contributed by atoms with Crippen LogP contribution in [0.5, 0.6) is 0 Å². The minimum absolute atomic E-state index is 0.0896. The number of hydrogen-bond acceptors (Lipinski definition) is 4. The van der Waals surface area contributed by atoms with Crippen molar-refractivity contribution in [3.8, 4) is 0 Å². The molecule has 0 unspecified atom stereocenters. The van der Waals surface area contributed by atoms with Crippen molar-refractivity contribution in [3.63, 3.8) is 0 Å². The molecule has 1 aromatic rings. The zero-order valence-corrected chi connectivity index (χ0v) is 12.2. The fraction of sp³-hybridized carbons (Fsp3) is 0.571. The Bertz CT molecular complexity index is 469. The molecule has 4 nitrogen and oxygen atoms in total. The summed E-state index contributed by atoms with van der Waals surface area (Å²) < 4.78 is 5.07. The number of carbonyl (C=O) groups excluding carboxylic acids is 2. The van der Waals surface area contributed by atoms with Crippen LogP contribution >= 0.6 is 11.3 Å². The molecule has 19 heavy (non-hydrogen) atoms. The smallest absolute Gasteiger partial charge is 0.348 e. The maximum atomic E-state index is 11.9. The summed E-state index contributed by atoms with van der Waals surface area (Å²) in [5, 5.41) is 0. The normalized spacial score (nSPS) is 19.3. The molecular formula is C14H19NO3S. The van der Waals surface area contributed by atoms with Crippen molar-refractivity contribution >= 4 is 23.2 Å². The fourth-order valence-electron chi connectivity index (χ4n) is 2.25. The number of hydrogen-bond donors (Lipinski definition) is 0. The van der Waals surface area contributed by atoms with Crippen LogP contribution in [-0.2, 0) is 9.53 Å². The van der Waals surface area contributed by atoms with Gasteiger partial charge < -0.3 is 9.64 Å². The highest BCUT2D eigenvalue weighted by Gasteiger charge is 2.22. The molecule has 0 saturated carbocycles. The van der Waals surface area contributed by atoms with E-state index < -0.39 is 5.97 Å². The van der Waals surface area contributed by atoms with E-state index in [2.05, 4.69) is 6.92 Å². The number of thiophene rings is 1. The molecule has 0 bridgehead atoms. The molecule has 0 aromatic carbocycles. The maximum absolute atomic E-state index is 11.9. The van der Waals surface area contributed by atoms with Gasteiger partial charge >= 0.3 is 5.97 Å². The first-order valence-corrected chi connectivity index (χ1v) is 7.39. The number of aryl methyl sites for hydroxylation is 1. The van der Waals surface area contributed by atoms with Gasteiger partial charge in [0, 0.05) is 18.0 Å². The van der Waals surface area contributed by atoms with Crippen LogP contribution in [0.3, 0.4) is 0 Å². The van der Waals surface area contributed by atoms with Crippen LogP contribution in [-0.4, -0.2) is 36.5 Å². The number of piperidine rings is 1. The van der Waals surface area contributed by atoms with Gasteiger partial charge in [-0.15, -0.1) is 11.3 Å². The first-order valence-electron chi connectivity index (χ1n) is 6.57. The number of amides is 1. The second-order valence-electron chi connectivity index (χ2n) is 5.07. The monoisotopic (exact) mass is 281 g/mol. The molecule has 1 aromatic heterocycles. The van der Waals surface area contributed by atoms with E-state index in [4.69, 9.17) is 4.74 Å². The summed E-state index contributed by atoms with van der Waals surface area (Å²) in [5.41, 5.74) is 0. The topological polar surface area (TPSA) is 46.6 Å². The van der Waals surface area contributed by atoms with Crippen LogP contribution < -0.4 is 0 Å². The van der Waals surface area contributed by atoms with E-state index in [1.165, 1.54) is 11.3 Å². The number of likely N-dealkylation sites (tertiary alicyclic amines) is 1. The Labute approximate surface area is 117 Å². The van der Waals surface area contributed by atoms with E-state index in [1.807, 2.05) is 13.0 Å². The lowest BCUT2D eigenvalue weighted by molar-refractivity contribution is -0.136. The first-order chi connectivity index (χ1) is 9.06. The number of rotatable bonds is 3. The lowest BCUT2D eigenvalue weighted by Crippen LogP contribution is -2.41. The van der Waals surface area contributed by atoms with Gasteiger partial charge in [-0.2, -0.15) is 0 Å². The Morgan fingerprint density at radius 2 is 2.26 bits per heavy atom. The van der Waals surface area contributed by atoms with Gasteiger partial charge in [-0.05, 0) is 37.8 Å². The zero-order chi connectivity index (χ0) is 13.8. The molecule has 1 aliphatic heterocycles. The van der Waals surface area contributed by atoms with E-state index in [0.29, 0.717) is 10.8 Å².